The van der Waals surface area contributed by atoms with Gasteiger partial charge in [0.2, 0.25) is 10.0 Å². The summed E-state index contributed by atoms with van der Waals surface area (Å²) in [6, 6.07) is 1.49. The number of sulfonamides is 1. The van der Waals surface area contributed by atoms with E-state index in [1.54, 1.807) is 6.92 Å². The number of anilines is 1. The second kappa shape index (κ2) is 6.21. The minimum atomic E-state index is -3.52. The number of H-pyrrole nitrogens is 1. The van der Waals surface area contributed by atoms with E-state index in [4.69, 9.17) is 4.74 Å². The van der Waals surface area contributed by atoms with Crippen LogP contribution in [0.5, 0.6) is 0 Å². The quantitative estimate of drug-likeness (QED) is 0.820. The van der Waals surface area contributed by atoms with Gasteiger partial charge in [-0.05, 0) is 18.9 Å². The van der Waals surface area contributed by atoms with Crippen molar-refractivity contribution in [2.75, 3.05) is 17.6 Å². The second-order valence-corrected chi connectivity index (χ2v) is 6.57. The third kappa shape index (κ3) is 4.68. The number of hydrogen-bond donors (Lipinski definition) is 2. The van der Waals surface area contributed by atoms with E-state index in [-0.39, 0.29) is 23.3 Å². The molecule has 0 aliphatic rings. The number of methoxy groups -OCH3 is 1. The first-order chi connectivity index (χ1) is 8.75. The normalized spacial score (nSPS) is 13.5. The lowest BCUT2D eigenvalue weighted by molar-refractivity contribution is 0.0829. The van der Waals surface area contributed by atoms with Crippen LogP contribution in [-0.4, -0.2) is 32.4 Å². The minimum Gasteiger partial charge on any atom is -0.380 e. The fourth-order valence-corrected chi connectivity index (χ4v) is 3.14. The third-order valence-corrected chi connectivity index (χ3v) is 4.11. The van der Waals surface area contributed by atoms with E-state index in [1.165, 1.54) is 19.4 Å². The molecule has 0 radical (unpaired) electrons. The Balaban J connectivity index is 2.84. The summed E-state index contributed by atoms with van der Waals surface area (Å²) in [7, 11) is -2.03. The molecule has 108 valence electrons. The summed E-state index contributed by atoms with van der Waals surface area (Å²) in [5, 5.41) is 0. The molecule has 1 aromatic rings. The fraction of sp³-hybridized carbons (Fsp3) is 0.583. The first kappa shape index (κ1) is 15.7. The van der Waals surface area contributed by atoms with E-state index in [9.17, 15) is 13.2 Å². The highest BCUT2D eigenvalue weighted by Gasteiger charge is 2.21. The zero-order chi connectivity index (χ0) is 14.6. The van der Waals surface area contributed by atoms with Gasteiger partial charge in [0.1, 0.15) is 0 Å². The van der Waals surface area contributed by atoms with Crippen LogP contribution in [0.2, 0.25) is 0 Å². The molecule has 1 rings (SSSR count). The molecule has 0 fully saturated rings. The van der Waals surface area contributed by atoms with Gasteiger partial charge >= 0.3 is 0 Å². The third-order valence-electron chi connectivity index (χ3n) is 2.79. The summed E-state index contributed by atoms with van der Waals surface area (Å²) >= 11 is 0. The molecule has 1 atom stereocenters. The molecule has 2 N–H and O–H groups in total. The van der Waals surface area contributed by atoms with Crippen LogP contribution in [0.1, 0.15) is 19.4 Å². The lowest BCUT2D eigenvalue weighted by Gasteiger charge is -2.19. The van der Waals surface area contributed by atoms with E-state index >= 15 is 0 Å². The van der Waals surface area contributed by atoms with Crippen molar-refractivity contribution in [1.29, 1.82) is 0 Å². The van der Waals surface area contributed by atoms with Crippen molar-refractivity contribution in [3.05, 3.63) is 28.2 Å². The number of aromatic amines is 1. The molecule has 7 heteroatoms. The zero-order valence-corrected chi connectivity index (χ0v) is 12.4. The lowest BCUT2D eigenvalue weighted by Crippen LogP contribution is -2.31. The Hall–Kier alpha value is -1.34. The van der Waals surface area contributed by atoms with Crippen LogP contribution in [0.25, 0.3) is 0 Å². The molecule has 1 aromatic heterocycles. The van der Waals surface area contributed by atoms with Crippen LogP contribution < -0.4 is 10.3 Å². The number of rotatable bonds is 6. The molecule has 0 unspecified atom stereocenters. The van der Waals surface area contributed by atoms with E-state index in [2.05, 4.69) is 9.71 Å². The van der Waals surface area contributed by atoms with E-state index in [1.807, 2.05) is 13.8 Å². The number of hydrogen-bond acceptors (Lipinski definition) is 4. The largest absolute Gasteiger partial charge is 0.380 e. The molecule has 0 aromatic carbocycles. The molecular formula is C12H20N2O4S. The molecule has 6 nitrogen and oxygen atoms in total. The van der Waals surface area contributed by atoms with Crippen molar-refractivity contribution in [2.24, 2.45) is 5.92 Å². The predicted octanol–water partition coefficient (Wildman–Crippen LogP) is 1.10. The smallest absolute Gasteiger partial charge is 0.250 e. The van der Waals surface area contributed by atoms with Gasteiger partial charge in [-0.3, -0.25) is 9.52 Å². The Kier molecular flexibility index (Phi) is 5.13. The number of aryl methyl sites for hydroxylation is 1. The molecule has 0 amide bonds. The van der Waals surface area contributed by atoms with Crippen molar-refractivity contribution in [1.82, 2.24) is 4.98 Å². The number of nitrogens with one attached hydrogen (secondary N) is 2. The summed E-state index contributed by atoms with van der Waals surface area (Å²) in [6.07, 6.45) is 0.964. The topological polar surface area (TPSA) is 88.3 Å². The first-order valence-corrected chi connectivity index (χ1v) is 7.63. The van der Waals surface area contributed by atoms with Crippen molar-refractivity contribution < 1.29 is 13.2 Å². The average Bonchev–Trinajstić information content (AvgIpc) is 2.30. The molecule has 0 spiro atoms. The predicted molar refractivity (Wildman–Crippen MR) is 74.8 cm³/mol. The van der Waals surface area contributed by atoms with E-state index < -0.39 is 10.0 Å². The maximum absolute atomic E-state index is 12.0. The van der Waals surface area contributed by atoms with Gasteiger partial charge in [-0.25, -0.2) is 8.42 Å². The standard InChI is InChI=1S/C12H20N2O4S/c1-8(2)11(18-4)7-19(16,17)14-10-5-9(3)12(15)13-6-10/h5-6,8,11,14H,7H2,1-4H3,(H,13,15)/t11-/m0/s1. The van der Waals surface area contributed by atoms with Gasteiger partial charge in [0.15, 0.2) is 0 Å². The summed E-state index contributed by atoms with van der Waals surface area (Å²) in [5.41, 5.74) is 0.558. The van der Waals surface area contributed by atoms with Crippen molar-refractivity contribution in [3.8, 4) is 0 Å². The SMILES string of the molecule is CO[C@@H](CS(=O)(=O)Nc1c[nH]c(=O)c(C)c1)C(C)C. The summed E-state index contributed by atoms with van der Waals surface area (Å²) < 4.78 is 31.6. The van der Waals surface area contributed by atoms with Gasteiger partial charge in [-0.15, -0.1) is 0 Å². The van der Waals surface area contributed by atoms with Crippen LogP contribution in [0.3, 0.4) is 0 Å². The summed E-state index contributed by atoms with van der Waals surface area (Å²) in [6.45, 7) is 5.41. The molecule has 0 saturated heterocycles. The highest BCUT2D eigenvalue weighted by Crippen LogP contribution is 2.12. The Morgan fingerprint density at radius 2 is 2.05 bits per heavy atom. The van der Waals surface area contributed by atoms with Crippen LogP contribution in [0.15, 0.2) is 17.1 Å². The molecule has 0 saturated carbocycles. The van der Waals surface area contributed by atoms with Crippen LogP contribution in [0, 0.1) is 12.8 Å². The van der Waals surface area contributed by atoms with Gasteiger partial charge in [0.25, 0.3) is 5.56 Å². The van der Waals surface area contributed by atoms with Crippen LogP contribution >= 0.6 is 0 Å². The zero-order valence-electron chi connectivity index (χ0n) is 11.6. The minimum absolute atomic E-state index is 0.0962. The van der Waals surface area contributed by atoms with Crippen LogP contribution in [-0.2, 0) is 14.8 Å². The Labute approximate surface area is 113 Å². The maximum Gasteiger partial charge on any atom is 0.250 e. The highest BCUT2D eigenvalue weighted by atomic mass is 32.2. The van der Waals surface area contributed by atoms with Crippen LogP contribution in [0.4, 0.5) is 5.69 Å². The Morgan fingerprint density at radius 1 is 1.42 bits per heavy atom. The van der Waals surface area contributed by atoms with Gasteiger partial charge < -0.3 is 9.72 Å². The summed E-state index contributed by atoms with van der Waals surface area (Å²) in [5.74, 6) is -0.0295. The summed E-state index contributed by atoms with van der Waals surface area (Å²) in [4.78, 5) is 13.7. The van der Waals surface area contributed by atoms with Gasteiger partial charge in [0, 0.05) is 18.9 Å². The van der Waals surface area contributed by atoms with Crippen molar-refractivity contribution in [3.63, 3.8) is 0 Å². The molecule has 1 heterocycles. The van der Waals surface area contributed by atoms with Gasteiger partial charge in [-0.2, -0.15) is 0 Å². The van der Waals surface area contributed by atoms with Gasteiger partial charge in [-0.1, -0.05) is 13.8 Å². The molecule has 0 aliphatic carbocycles. The average molecular weight is 288 g/mol. The lowest BCUT2D eigenvalue weighted by atomic mass is 10.1. The molecular weight excluding hydrogens is 268 g/mol. The number of ether oxygens (including phenoxy) is 1. The monoisotopic (exact) mass is 288 g/mol. The fourth-order valence-electron chi connectivity index (χ4n) is 1.63. The Bertz CT molecular complexity index is 578. The molecule has 19 heavy (non-hydrogen) atoms. The molecule has 0 aliphatic heterocycles. The van der Waals surface area contributed by atoms with E-state index in [0.29, 0.717) is 11.3 Å². The first-order valence-electron chi connectivity index (χ1n) is 5.98. The van der Waals surface area contributed by atoms with Crippen molar-refractivity contribution in [2.45, 2.75) is 26.9 Å². The second-order valence-electron chi connectivity index (χ2n) is 4.80. The number of aromatic nitrogens is 1. The van der Waals surface area contributed by atoms with E-state index in [0.717, 1.165) is 0 Å². The maximum atomic E-state index is 12.0. The highest BCUT2D eigenvalue weighted by molar-refractivity contribution is 7.92. The number of pyridine rings is 1. The molecule has 0 bridgehead atoms. The Morgan fingerprint density at radius 3 is 2.53 bits per heavy atom. The van der Waals surface area contributed by atoms with Crippen molar-refractivity contribution >= 4 is 15.7 Å². The van der Waals surface area contributed by atoms with Gasteiger partial charge in [0.05, 0.1) is 17.5 Å².